The minimum atomic E-state index is 0.373. The molecular weight excluding hydrogens is 384 g/mol. The quantitative estimate of drug-likeness (QED) is 0.575. The average molecular weight is 415 g/mol. The Labute approximate surface area is 185 Å². The summed E-state index contributed by atoms with van der Waals surface area (Å²) in [6.45, 7) is 2.80. The van der Waals surface area contributed by atoms with Crippen LogP contribution in [0, 0.1) is 5.92 Å². The Balaban J connectivity index is 1.41. The Hall–Kier alpha value is -2.66. The molecule has 3 aromatic carbocycles. The van der Waals surface area contributed by atoms with Crippen LogP contribution in [0.5, 0.6) is 5.75 Å². The van der Waals surface area contributed by atoms with Crippen molar-refractivity contribution in [1.29, 1.82) is 0 Å². The molecule has 0 spiro atoms. The molecule has 4 heteroatoms. The van der Waals surface area contributed by atoms with E-state index in [1.54, 1.807) is 7.11 Å². The first-order chi connectivity index (χ1) is 15.2. The Morgan fingerprint density at radius 1 is 0.903 bits per heavy atom. The average Bonchev–Trinajstić information content (AvgIpc) is 3.19. The van der Waals surface area contributed by atoms with E-state index in [1.165, 1.54) is 22.3 Å². The van der Waals surface area contributed by atoms with Gasteiger partial charge >= 0.3 is 0 Å². The van der Waals surface area contributed by atoms with Crippen molar-refractivity contribution in [1.82, 2.24) is 9.96 Å². The molecule has 0 amide bonds. The molecule has 2 aliphatic heterocycles. The Morgan fingerprint density at radius 3 is 2.32 bits per heavy atom. The first-order valence-corrected chi connectivity index (χ1v) is 11.1. The fraction of sp³-hybridized carbons (Fsp3) is 0.333. The summed E-state index contributed by atoms with van der Waals surface area (Å²) in [5.41, 5.74) is 5.22. The Morgan fingerprint density at radius 2 is 1.61 bits per heavy atom. The topological polar surface area (TPSA) is 24.9 Å². The summed E-state index contributed by atoms with van der Waals surface area (Å²) in [5.74, 6) is 1.46. The second-order valence-corrected chi connectivity index (χ2v) is 8.69. The molecule has 0 bridgehead atoms. The molecule has 0 unspecified atom stereocenters. The third-order valence-electron chi connectivity index (χ3n) is 6.83. The van der Waals surface area contributed by atoms with Crippen LogP contribution in [0.4, 0.5) is 0 Å². The number of hydrogen-bond acceptors (Lipinski definition) is 4. The lowest BCUT2D eigenvalue weighted by atomic mass is 9.85. The van der Waals surface area contributed by atoms with E-state index < -0.39 is 0 Å². The lowest BCUT2D eigenvalue weighted by molar-refractivity contribution is -0.114. The zero-order valence-corrected chi connectivity index (χ0v) is 18.3. The number of nitrogens with zero attached hydrogens (tertiary/aromatic N) is 2. The Kier molecular flexibility index (Phi) is 5.77. The van der Waals surface area contributed by atoms with Crippen LogP contribution in [0.15, 0.2) is 78.9 Å². The van der Waals surface area contributed by atoms with Crippen LogP contribution in [0.3, 0.4) is 0 Å². The van der Waals surface area contributed by atoms with Gasteiger partial charge in [-0.1, -0.05) is 66.7 Å². The molecule has 2 aliphatic rings. The van der Waals surface area contributed by atoms with Crippen molar-refractivity contribution in [3.05, 3.63) is 90.0 Å². The van der Waals surface area contributed by atoms with Gasteiger partial charge in [0.15, 0.2) is 0 Å². The molecular formula is C27H30N2O2. The number of ether oxygens (including phenoxy) is 1. The zero-order valence-electron chi connectivity index (χ0n) is 18.3. The Bertz CT molecular complexity index is 988. The number of hydrogen-bond donors (Lipinski definition) is 0. The summed E-state index contributed by atoms with van der Waals surface area (Å²) in [7, 11) is 3.80. The van der Waals surface area contributed by atoms with E-state index in [0.29, 0.717) is 18.0 Å². The van der Waals surface area contributed by atoms with Crippen molar-refractivity contribution in [3.8, 4) is 16.9 Å². The number of hydroxylamine groups is 2. The predicted molar refractivity (Wildman–Crippen MR) is 124 cm³/mol. The van der Waals surface area contributed by atoms with Gasteiger partial charge in [0.25, 0.3) is 0 Å². The zero-order chi connectivity index (χ0) is 21.2. The summed E-state index contributed by atoms with van der Waals surface area (Å²) < 4.78 is 5.33. The van der Waals surface area contributed by atoms with Gasteiger partial charge in [-0.25, -0.2) is 0 Å². The first kappa shape index (κ1) is 20.3. The molecule has 160 valence electrons. The summed E-state index contributed by atoms with van der Waals surface area (Å²) in [5, 5.41) is 2.08. The summed E-state index contributed by atoms with van der Waals surface area (Å²) in [6.07, 6.45) is 1.09. The molecule has 3 atom stereocenters. The SMILES string of the molecule is COc1ccc(CN2C[C@H]3CON(C)[C@H]3C[C@H]2c2ccc(-c3ccccc3)cc2)cc1. The van der Waals surface area contributed by atoms with Crippen LogP contribution in [-0.4, -0.2) is 43.3 Å². The maximum absolute atomic E-state index is 5.88. The molecule has 31 heavy (non-hydrogen) atoms. The van der Waals surface area contributed by atoms with Gasteiger partial charge in [0, 0.05) is 38.1 Å². The molecule has 2 heterocycles. The van der Waals surface area contributed by atoms with Crippen LogP contribution in [-0.2, 0) is 11.4 Å². The van der Waals surface area contributed by atoms with E-state index in [-0.39, 0.29) is 0 Å². The van der Waals surface area contributed by atoms with Gasteiger partial charge in [0.05, 0.1) is 13.7 Å². The second-order valence-electron chi connectivity index (χ2n) is 8.69. The van der Waals surface area contributed by atoms with Gasteiger partial charge in [-0.05, 0) is 40.8 Å². The maximum Gasteiger partial charge on any atom is 0.118 e. The van der Waals surface area contributed by atoms with Gasteiger partial charge in [0.1, 0.15) is 5.75 Å². The summed E-state index contributed by atoms with van der Waals surface area (Å²) >= 11 is 0. The number of methoxy groups -OCH3 is 1. The van der Waals surface area contributed by atoms with E-state index in [4.69, 9.17) is 9.57 Å². The first-order valence-electron chi connectivity index (χ1n) is 11.1. The molecule has 2 fully saturated rings. The standard InChI is InChI=1S/C27H30N2O2/c1-28-26-16-27(23-12-10-22(11-13-23)21-6-4-3-5-7-21)29(18-24(26)19-31-28)17-20-8-14-25(30-2)15-9-20/h3-15,24,26-27H,16-19H2,1-2H3/t24-,26-,27-/m0/s1. The third-order valence-corrected chi connectivity index (χ3v) is 6.83. The highest BCUT2D eigenvalue weighted by Crippen LogP contribution is 2.40. The molecule has 0 aliphatic carbocycles. The van der Waals surface area contributed by atoms with E-state index in [9.17, 15) is 0 Å². The van der Waals surface area contributed by atoms with Gasteiger partial charge < -0.3 is 4.74 Å². The summed E-state index contributed by atoms with van der Waals surface area (Å²) in [4.78, 5) is 8.51. The van der Waals surface area contributed by atoms with Crippen LogP contribution < -0.4 is 4.74 Å². The molecule has 4 nitrogen and oxygen atoms in total. The fourth-order valence-electron chi connectivity index (χ4n) is 5.05. The molecule has 0 N–H and O–H groups in total. The predicted octanol–water partition coefficient (Wildman–Crippen LogP) is 5.17. The van der Waals surface area contributed by atoms with Crippen LogP contribution in [0.1, 0.15) is 23.6 Å². The van der Waals surface area contributed by atoms with Gasteiger partial charge in [0.2, 0.25) is 0 Å². The van der Waals surface area contributed by atoms with Crippen molar-refractivity contribution in [3.63, 3.8) is 0 Å². The van der Waals surface area contributed by atoms with Gasteiger partial charge in [-0.3, -0.25) is 9.74 Å². The van der Waals surface area contributed by atoms with Crippen LogP contribution in [0.2, 0.25) is 0 Å². The molecule has 2 saturated heterocycles. The lowest BCUT2D eigenvalue weighted by Gasteiger charge is -2.42. The highest BCUT2D eigenvalue weighted by atomic mass is 16.7. The fourth-order valence-corrected chi connectivity index (χ4v) is 5.05. The normalized spacial score (nSPS) is 24.1. The van der Waals surface area contributed by atoms with Crippen molar-refractivity contribution in [2.75, 3.05) is 27.3 Å². The largest absolute Gasteiger partial charge is 0.497 e. The van der Waals surface area contributed by atoms with E-state index in [1.807, 2.05) is 0 Å². The highest BCUT2D eigenvalue weighted by Gasteiger charge is 2.42. The molecule has 3 aromatic rings. The van der Waals surface area contributed by atoms with Gasteiger partial charge in [-0.15, -0.1) is 0 Å². The van der Waals surface area contributed by atoms with Crippen molar-refractivity contribution in [2.24, 2.45) is 5.92 Å². The third kappa shape index (κ3) is 4.24. The number of fused-ring (bicyclic) bond motifs is 1. The van der Waals surface area contributed by atoms with Gasteiger partial charge in [-0.2, -0.15) is 5.06 Å². The highest BCUT2D eigenvalue weighted by molar-refractivity contribution is 5.63. The van der Waals surface area contributed by atoms with E-state index >= 15 is 0 Å². The number of rotatable bonds is 5. The van der Waals surface area contributed by atoms with E-state index in [2.05, 4.69) is 95.9 Å². The number of benzene rings is 3. The van der Waals surface area contributed by atoms with Crippen molar-refractivity contribution in [2.45, 2.75) is 25.0 Å². The minimum Gasteiger partial charge on any atom is -0.497 e. The maximum atomic E-state index is 5.88. The molecule has 0 aromatic heterocycles. The number of likely N-dealkylation sites (tertiary alicyclic amines) is 1. The lowest BCUT2D eigenvalue weighted by Crippen LogP contribution is -2.46. The molecule has 5 rings (SSSR count). The molecule has 0 saturated carbocycles. The monoisotopic (exact) mass is 414 g/mol. The van der Waals surface area contributed by atoms with Crippen LogP contribution >= 0.6 is 0 Å². The number of piperidine rings is 1. The molecule has 0 radical (unpaired) electrons. The van der Waals surface area contributed by atoms with Crippen LogP contribution in [0.25, 0.3) is 11.1 Å². The van der Waals surface area contributed by atoms with Crippen molar-refractivity contribution < 1.29 is 9.57 Å². The smallest absolute Gasteiger partial charge is 0.118 e. The second kappa shape index (κ2) is 8.83. The van der Waals surface area contributed by atoms with Crippen molar-refractivity contribution >= 4 is 0 Å². The minimum absolute atomic E-state index is 0.373. The van der Waals surface area contributed by atoms with E-state index in [0.717, 1.165) is 31.9 Å². The summed E-state index contributed by atoms with van der Waals surface area (Å²) in [6, 6.07) is 29.0.